The van der Waals surface area contributed by atoms with E-state index in [0.717, 1.165) is 50.5 Å². The van der Waals surface area contributed by atoms with Crippen molar-refractivity contribution in [2.45, 2.75) is 31.8 Å². The third-order valence-corrected chi connectivity index (χ3v) is 8.27. The SMILES string of the molecule is C=CC(=O)N1CCN(c2nc(OCC3CCCN3C)nc3c2CCN(c2cccc4ccccc24)C3)CC1. The molecule has 6 rings (SSSR count). The predicted octanol–water partition coefficient (Wildman–Crippen LogP) is 3.50. The molecule has 1 amide bonds. The van der Waals surface area contributed by atoms with Gasteiger partial charge in [-0.15, -0.1) is 0 Å². The van der Waals surface area contributed by atoms with Gasteiger partial charge in [0.25, 0.3) is 0 Å². The van der Waals surface area contributed by atoms with Crippen LogP contribution in [0.5, 0.6) is 6.01 Å². The summed E-state index contributed by atoms with van der Waals surface area (Å²) in [6.45, 7) is 9.77. The van der Waals surface area contributed by atoms with E-state index in [9.17, 15) is 4.79 Å². The molecule has 3 aliphatic heterocycles. The van der Waals surface area contributed by atoms with Crippen LogP contribution in [0, 0.1) is 0 Å². The molecule has 38 heavy (non-hydrogen) atoms. The molecule has 0 saturated carbocycles. The van der Waals surface area contributed by atoms with Crippen molar-refractivity contribution in [2.75, 3.05) is 62.7 Å². The topological polar surface area (TPSA) is 65.0 Å². The lowest BCUT2D eigenvalue weighted by molar-refractivity contribution is -0.126. The minimum absolute atomic E-state index is 0.00944. The number of ether oxygens (including phenoxy) is 1. The highest BCUT2D eigenvalue weighted by Crippen LogP contribution is 2.34. The van der Waals surface area contributed by atoms with Crippen LogP contribution in [0.1, 0.15) is 24.1 Å². The standard InChI is InChI=1S/C30H36N6O2/c1-3-28(37)34-16-18-35(19-17-34)29-25-13-15-36(27-12-6-9-22-8-4-5-11-24(22)27)20-26(25)31-30(32-29)38-21-23-10-7-14-33(23)2/h3-6,8-9,11-12,23H,1,7,10,13-21H2,2H3. The minimum atomic E-state index is -0.00944. The van der Waals surface area contributed by atoms with Gasteiger partial charge in [0.05, 0.1) is 12.2 Å². The van der Waals surface area contributed by atoms with Crippen molar-refractivity contribution >= 4 is 28.2 Å². The van der Waals surface area contributed by atoms with Gasteiger partial charge in [-0.1, -0.05) is 43.0 Å². The van der Waals surface area contributed by atoms with Crippen molar-refractivity contribution in [2.24, 2.45) is 0 Å². The van der Waals surface area contributed by atoms with Crippen molar-refractivity contribution in [1.82, 2.24) is 19.8 Å². The van der Waals surface area contributed by atoms with Gasteiger partial charge >= 0.3 is 6.01 Å². The monoisotopic (exact) mass is 512 g/mol. The number of likely N-dealkylation sites (tertiary alicyclic amines) is 1. The van der Waals surface area contributed by atoms with Gasteiger partial charge in [-0.3, -0.25) is 4.79 Å². The molecule has 0 bridgehead atoms. The Morgan fingerprint density at radius 3 is 2.63 bits per heavy atom. The van der Waals surface area contributed by atoms with Gasteiger partial charge < -0.3 is 24.3 Å². The Morgan fingerprint density at radius 2 is 1.84 bits per heavy atom. The van der Waals surface area contributed by atoms with Crippen LogP contribution in [0.2, 0.25) is 0 Å². The second kappa shape index (κ2) is 10.6. The maximum absolute atomic E-state index is 12.1. The smallest absolute Gasteiger partial charge is 0.318 e. The normalized spacial score (nSPS) is 20.0. The summed E-state index contributed by atoms with van der Waals surface area (Å²) in [5, 5.41) is 2.51. The Hall–Kier alpha value is -3.65. The average Bonchev–Trinajstić information content (AvgIpc) is 3.39. The van der Waals surface area contributed by atoms with Crippen molar-refractivity contribution < 1.29 is 9.53 Å². The Morgan fingerprint density at radius 1 is 1.03 bits per heavy atom. The van der Waals surface area contributed by atoms with E-state index >= 15 is 0 Å². The van der Waals surface area contributed by atoms with Crippen LogP contribution < -0.4 is 14.5 Å². The third kappa shape index (κ3) is 4.80. The van der Waals surface area contributed by atoms with Crippen LogP contribution >= 0.6 is 0 Å². The molecule has 0 aliphatic carbocycles. The highest BCUT2D eigenvalue weighted by Gasteiger charge is 2.29. The minimum Gasteiger partial charge on any atom is -0.462 e. The van der Waals surface area contributed by atoms with Gasteiger partial charge in [0.2, 0.25) is 5.91 Å². The van der Waals surface area contributed by atoms with Crippen LogP contribution in [0.4, 0.5) is 11.5 Å². The highest BCUT2D eigenvalue weighted by atomic mass is 16.5. The molecule has 2 fully saturated rings. The molecule has 4 heterocycles. The van der Waals surface area contributed by atoms with E-state index in [-0.39, 0.29) is 5.91 Å². The number of benzene rings is 2. The lowest BCUT2D eigenvalue weighted by atomic mass is 10.0. The summed E-state index contributed by atoms with van der Waals surface area (Å²) in [6, 6.07) is 15.9. The van der Waals surface area contributed by atoms with Crippen LogP contribution in [-0.4, -0.2) is 84.6 Å². The van der Waals surface area contributed by atoms with Gasteiger partial charge in [0.15, 0.2) is 0 Å². The molecule has 2 saturated heterocycles. The van der Waals surface area contributed by atoms with Crippen LogP contribution in [0.15, 0.2) is 55.1 Å². The maximum atomic E-state index is 12.1. The number of anilines is 2. The van der Waals surface area contributed by atoms with Crippen LogP contribution in [0.3, 0.4) is 0 Å². The summed E-state index contributed by atoms with van der Waals surface area (Å²) in [7, 11) is 2.16. The van der Waals surface area contributed by atoms with E-state index < -0.39 is 0 Å². The van der Waals surface area contributed by atoms with Crippen molar-refractivity contribution in [3.8, 4) is 6.01 Å². The zero-order valence-electron chi connectivity index (χ0n) is 22.2. The number of fused-ring (bicyclic) bond motifs is 2. The Labute approximate surface area is 224 Å². The second-order valence-corrected chi connectivity index (χ2v) is 10.5. The fourth-order valence-electron chi connectivity index (χ4n) is 6.03. The second-order valence-electron chi connectivity index (χ2n) is 10.5. The van der Waals surface area contributed by atoms with Gasteiger partial charge in [-0.05, 0) is 50.4 Å². The Kier molecular flexibility index (Phi) is 6.89. The van der Waals surface area contributed by atoms with E-state index in [1.54, 1.807) is 0 Å². The summed E-state index contributed by atoms with van der Waals surface area (Å²) in [5.41, 5.74) is 3.48. The summed E-state index contributed by atoms with van der Waals surface area (Å²) < 4.78 is 6.26. The van der Waals surface area contributed by atoms with Gasteiger partial charge in [0, 0.05) is 55.4 Å². The third-order valence-electron chi connectivity index (χ3n) is 8.27. The number of amides is 1. The largest absolute Gasteiger partial charge is 0.462 e. The lowest BCUT2D eigenvalue weighted by Crippen LogP contribution is -2.49. The molecule has 198 valence electrons. The molecule has 8 heteroatoms. The molecule has 1 aromatic heterocycles. The number of carbonyl (C=O) groups is 1. The van der Waals surface area contributed by atoms with Crippen LogP contribution in [0.25, 0.3) is 10.8 Å². The van der Waals surface area contributed by atoms with E-state index in [1.807, 2.05) is 4.90 Å². The molecule has 0 spiro atoms. The van der Waals surface area contributed by atoms with Crippen molar-refractivity contribution in [3.05, 3.63) is 66.4 Å². The number of hydrogen-bond acceptors (Lipinski definition) is 7. The van der Waals surface area contributed by atoms with Crippen LogP contribution in [-0.2, 0) is 17.8 Å². The zero-order valence-corrected chi connectivity index (χ0v) is 22.2. The molecule has 1 unspecified atom stereocenters. The first kappa shape index (κ1) is 24.7. The number of hydrogen-bond donors (Lipinski definition) is 0. The molecule has 3 aliphatic rings. The Bertz CT molecular complexity index is 1330. The summed E-state index contributed by atoms with van der Waals surface area (Å²) >= 11 is 0. The first-order chi connectivity index (χ1) is 18.6. The molecule has 8 nitrogen and oxygen atoms in total. The number of aromatic nitrogens is 2. The summed E-state index contributed by atoms with van der Waals surface area (Å²) in [5.74, 6) is 0.956. The number of nitrogens with zero attached hydrogens (tertiary/aromatic N) is 6. The van der Waals surface area contributed by atoms with E-state index in [1.165, 1.54) is 34.5 Å². The first-order valence-electron chi connectivity index (χ1n) is 13.7. The zero-order chi connectivity index (χ0) is 26.1. The van der Waals surface area contributed by atoms with Gasteiger partial charge in [-0.25, -0.2) is 0 Å². The average molecular weight is 513 g/mol. The Balaban J connectivity index is 1.30. The maximum Gasteiger partial charge on any atom is 0.318 e. The predicted molar refractivity (Wildman–Crippen MR) is 151 cm³/mol. The van der Waals surface area contributed by atoms with E-state index in [4.69, 9.17) is 14.7 Å². The van der Waals surface area contributed by atoms with E-state index in [0.29, 0.717) is 38.3 Å². The first-order valence-corrected chi connectivity index (χ1v) is 13.7. The van der Waals surface area contributed by atoms with Gasteiger partial charge in [-0.2, -0.15) is 9.97 Å². The number of piperazine rings is 1. The molecule has 0 N–H and O–H groups in total. The quantitative estimate of drug-likeness (QED) is 0.469. The molecule has 2 aromatic carbocycles. The van der Waals surface area contributed by atoms with Gasteiger partial charge in [0.1, 0.15) is 12.4 Å². The number of carbonyl (C=O) groups excluding carboxylic acids is 1. The molecular formula is C30H36N6O2. The number of rotatable bonds is 6. The van der Waals surface area contributed by atoms with E-state index in [2.05, 4.69) is 70.8 Å². The lowest BCUT2D eigenvalue weighted by Gasteiger charge is -2.38. The molecular weight excluding hydrogens is 476 g/mol. The highest BCUT2D eigenvalue weighted by molar-refractivity contribution is 5.94. The van der Waals surface area contributed by atoms with Crippen molar-refractivity contribution in [3.63, 3.8) is 0 Å². The number of likely N-dealkylation sites (N-methyl/N-ethyl adjacent to an activating group) is 1. The fraction of sp³-hybridized carbons (Fsp3) is 0.433. The summed E-state index contributed by atoms with van der Waals surface area (Å²) in [6.07, 6.45) is 4.61. The molecule has 0 radical (unpaired) electrons. The molecule has 3 aromatic rings. The molecule has 1 atom stereocenters. The fourth-order valence-corrected chi connectivity index (χ4v) is 6.03. The van der Waals surface area contributed by atoms with Crippen molar-refractivity contribution in [1.29, 1.82) is 0 Å². The summed E-state index contributed by atoms with van der Waals surface area (Å²) in [4.78, 5) is 31.0.